The van der Waals surface area contributed by atoms with Gasteiger partial charge in [0, 0.05) is 19.1 Å². The van der Waals surface area contributed by atoms with Crippen LogP contribution in [0.25, 0.3) is 0 Å². The number of hydrogen-bond donors (Lipinski definition) is 1. The lowest BCUT2D eigenvalue weighted by atomic mass is 10.1. The average Bonchev–Trinajstić information content (AvgIpc) is 2.73. The molecular weight excluding hydrogens is 250 g/mol. The molecule has 0 aromatic heterocycles. The molecule has 2 aliphatic heterocycles. The monoisotopic (exact) mass is 275 g/mol. The summed E-state index contributed by atoms with van der Waals surface area (Å²) in [5, 5.41) is 5.15. The van der Waals surface area contributed by atoms with E-state index >= 15 is 0 Å². The molecule has 2 rings (SSSR count). The summed E-state index contributed by atoms with van der Waals surface area (Å²) < 4.78 is 22.4. The van der Waals surface area contributed by atoms with E-state index in [-0.39, 0.29) is 11.8 Å². The van der Waals surface area contributed by atoms with Gasteiger partial charge in [0.15, 0.2) is 0 Å². The Morgan fingerprint density at radius 1 is 1.00 bits per heavy atom. The van der Waals surface area contributed by atoms with Crippen LogP contribution in [0.2, 0.25) is 0 Å². The molecule has 0 spiro atoms. The molecule has 5 nitrogen and oxygen atoms in total. The Morgan fingerprint density at radius 3 is 2.39 bits per heavy atom. The topological polar surface area (TPSA) is 66.6 Å². The minimum absolute atomic E-state index is 0.118. The molecule has 0 bridgehead atoms. The van der Waals surface area contributed by atoms with Gasteiger partial charge in [-0.25, -0.2) is 13.6 Å². The van der Waals surface area contributed by atoms with Gasteiger partial charge in [-0.3, -0.25) is 4.90 Å². The number of sulfonamides is 1. The minimum Gasteiger partial charge on any atom is -0.302 e. The quantitative estimate of drug-likeness (QED) is 0.780. The van der Waals surface area contributed by atoms with Crippen molar-refractivity contribution in [3.8, 4) is 0 Å². The standard InChI is InChI=1S/C12H25N3O2S/c13-18(16,17)11-12-5-4-8-15(12)10-9-14-6-2-1-3-7-14/h12H,1-11H2,(H2,13,16,17). The summed E-state index contributed by atoms with van der Waals surface area (Å²) in [5.74, 6) is 0.118. The van der Waals surface area contributed by atoms with Crippen LogP contribution in [0.1, 0.15) is 32.1 Å². The first-order valence-electron chi connectivity index (χ1n) is 7.01. The molecule has 2 saturated heterocycles. The molecule has 0 radical (unpaired) electrons. The molecule has 18 heavy (non-hydrogen) atoms. The van der Waals surface area contributed by atoms with E-state index in [0.29, 0.717) is 0 Å². The highest BCUT2D eigenvalue weighted by Gasteiger charge is 2.27. The van der Waals surface area contributed by atoms with Crippen LogP contribution in [0, 0.1) is 0 Å². The molecular formula is C12H25N3O2S. The van der Waals surface area contributed by atoms with Gasteiger partial charge in [0.1, 0.15) is 0 Å². The van der Waals surface area contributed by atoms with Gasteiger partial charge in [-0.1, -0.05) is 6.42 Å². The number of likely N-dealkylation sites (tertiary alicyclic amines) is 2. The molecule has 2 fully saturated rings. The molecule has 106 valence electrons. The molecule has 1 atom stereocenters. The average molecular weight is 275 g/mol. The third kappa shape index (κ3) is 4.50. The highest BCUT2D eigenvalue weighted by molar-refractivity contribution is 7.89. The van der Waals surface area contributed by atoms with E-state index in [1.165, 1.54) is 32.4 Å². The number of hydrogen-bond acceptors (Lipinski definition) is 4. The number of nitrogens with two attached hydrogens (primary N) is 1. The van der Waals surface area contributed by atoms with Gasteiger partial charge in [0.05, 0.1) is 5.75 Å². The van der Waals surface area contributed by atoms with Crippen molar-refractivity contribution >= 4 is 10.0 Å². The molecule has 0 aromatic rings. The lowest BCUT2D eigenvalue weighted by molar-refractivity contribution is 0.179. The molecule has 2 aliphatic rings. The molecule has 6 heteroatoms. The second-order valence-corrected chi connectivity index (χ2v) is 7.22. The predicted octanol–water partition coefficient (Wildman–Crippen LogP) is 0.225. The summed E-state index contributed by atoms with van der Waals surface area (Å²) in [6, 6.07) is 0.143. The molecule has 0 saturated carbocycles. The van der Waals surface area contributed by atoms with E-state index in [1.54, 1.807) is 0 Å². The summed E-state index contributed by atoms with van der Waals surface area (Å²) in [6.07, 6.45) is 6.03. The summed E-state index contributed by atoms with van der Waals surface area (Å²) in [5.41, 5.74) is 0. The van der Waals surface area contributed by atoms with E-state index in [2.05, 4.69) is 9.80 Å². The normalized spacial score (nSPS) is 27.7. The van der Waals surface area contributed by atoms with Gasteiger partial charge < -0.3 is 4.90 Å². The largest absolute Gasteiger partial charge is 0.302 e. The van der Waals surface area contributed by atoms with E-state index in [9.17, 15) is 8.42 Å². The minimum atomic E-state index is -3.34. The van der Waals surface area contributed by atoms with Crippen molar-refractivity contribution < 1.29 is 8.42 Å². The Hall–Kier alpha value is -0.170. The van der Waals surface area contributed by atoms with E-state index in [4.69, 9.17) is 5.14 Å². The zero-order valence-electron chi connectivity index (χ0n) is 11.1. The van der Waals surface area contributed by atoms with Gasteiger partial charge >= 0.3 is 0 Å². The maximum atomic E-state index is 11.2. The van der Waals surface area contributed by atoms with Crippen molar-refractivity contribution in [1.82, 2.24) is 9.80 Å². The van der Waals surface area contributed by atoms with Crippen LogP contribution in [-0.2, 0) is 10.0 Å². The van der Waals surface area contributed by atoms with Crippen LogP contribution in [0.15, 0.2) is 0 Å². The van der Waals surface area contributed by atoms with Crippen LogP contribution in [0.4, 0.5) is 0 Å². The first-order chi connectivity index (χ1) is 8.54. The predicted molar refractivity (Wildman–Crippen MR) is 72.9 cm³/mol. The molecule has 2 N–H and O–H groups in total. The van der Waals surface area contributed by atoms with Crippen molar-refractivity contribution in [3.63, 3.8) is 0 Å². The van der Waals surface area contributed by atoms with Gasteiger partial charge in [-0.2, -0.15) is 0 Å². The lowest BCUT2D eigenvalue weighted by Crippen LogP contribution is -2.42. The molecule has 0 aromatic carbocycles. The summed E-state index contributed by atoms with van der Waals surface area (Å²) in [6.45, 7) is 5.48. The fraction of sp³-hybridized carbons (Fsp3) is 1.00. The van der Waals surface area contributed by atoms with Crippen LogP contribution in [0.5, 0.6) is 0 Å². The summed E-state index contributed by atoms with van der Waals surface area (Å²) in [4.78, 5) is 4.80. The second-order valence-electron chi connectivity index (χ2n) is 5.56. The highest BCUT2D eigenvalue weighted by atomic mass is 32.2. The maximum Gasteiger partial charge on any atom is 0.210 e. The van der Waals surface area contributed by atoms with E-state index in [0.717, 1.165) is 32.5 Å². The van der Waals surface area contributed by atoms with Gasteiger partial charge in [0.25, 0.3) is 0 Å². The number of piperidine rings is 1. The SMILES string of the molecule is NS(=O)(=O)CC1CCCN1CCN1CCCCC1. The smallest absolute Gasteiger partial charge is 0.210 e. The molecule has 2 heterocycles. The van der Waals surface area contributed by atoms with E-state index in [1.807, 2.05) is 0 Å². The van der Waals surface area contributed by atoms with Crippen molar-refractivity contribution in [2.75, 3.05) is 38.5 Å². The van der Waals surface area contributed by atoms with Crippen LogP contribution >= 0.6 is 0 Å². The summed E-state index contributed by atoms with van der Waals surface area (Å²) >= 11 is 0. The maximum absolute atomic E-state index is 11.2. The Bertz CT molecular complexity index is 352. The van der Waals surface area contributed by atoms with Crippen molar-refractivity contribution in [2.45, 2.75) is 38.1 Å². The Balaban J connectivity index is 1.77. The Kier molecular flexibility index (Phi) is 5.00. The highest BCUT2D eigenvalue weighted by Crippen LogP contribution is 2.18. The second kappa shape index (κ2) is 6.32. The van der Waals surface area contributed by atoms with Gasteiger partial charge in [-0.05, 0) is 45.3 Å². The molecule has 1 unspecified atom stereocenters. The van der Waals surface area contributed by atoms with Gasteiger partial charge in [-0.15, -0.1) is 0 Å². The fourth-order valence-corrected chi connectivity index (χ4v) is 4.01. The van der Waals surface area contributed by atoms with Crippen LogP contribution < -0.4 is 5.14 Å². The lowest BCUT2D eigenvalue weighted by Gasteiger charge is -2.30. The first kappa shape index (κ1) is 14.2. The Labute approximate surface area is 110 Å². The third-order valence-corrected chi connectivity index (χ3v) is 4.93. The van der Waals surface area contributed by atoms with Crippen molar-refractivity contribution in [1.29, 1.82) is 0 Å². The van der Waals surface area contributed by atoms with Crippen molar-refractivity contribution in [3.05, 3.63) is 0 Å². The molecule has 0 amide bonds. The van der Waals surface area contributed by atoms with E-state index < -0.39 is 10.0 Å². The summed E-state index contributed by atoms with van der Waals surface area (Å²) in [7, 11) is -3.34. The van der Waals surface area contributed by atoms with Crippen LogP contribution in [-0.4, -0.2) is 62.7 Å². The van der Waals surface area contributed by atoms with Crippen LogP contribution in [0.3, 0.4) is 0 Å². The number of rotatable bonds is 5. The number of primary sulfonamides is 1. The Morgan fingerprint density at radius 2 is 1.72 bits per heavy atom. The molecule has 0 aliphatic carbocycles. The van der Waals surface area contributed by atoms with Crippen molar-refractivity contribution in [2.24, 2.45) is 5.14 Å². The number of nitrogens with zero attached hydrogens (tertiary/aromatic N) is 2. The zero-order valence-corrected chi connectivity index (χ0v) is 11.9. The third-order valence-electron chi connectivity index (χ3n) is 4.08. The van der Waals surface area contributed by atoms with Gasteiger partial charge in [0.2, 0.25) is 10.0 Å². The first-order valence-corrected chi connectivity index (χ1v) is 8.73. The zero-order chi connectivity index (χ0) is 13.0. The fourth-order valence-electron chi connectivity index (χ4n) is 3.10.